The van der Waals surface area contributed by atoms with E-state index in [1.54, 1.807) is 11.8 Å². The first kappa shape index (κ1) is 17.8. The molecule has 1 fully saturated rings. The van der Waals surface area contributed by atoms with Crippen LogP contribution in [-0.4, -0.2) is 39.6 Å². The molecule has 2 heterocycles. The monoisotopic (exact) mass is 354 g/mol. The van der Waals surface area contributed by atoms with Gasteiger partial charge in [0.15, 0.2) is 0 Å². The average Bonchev–Trinajstić information content (AvgIpc) is 2.68. The fourth-order valence-corrected chi connectivity index (χ4v) is 3.48. The predicted octanol–water partition coefficient (Wildman–Crippen LogP) is 0.923. The van der Waals surface area contributed by atoms with Crippen LogP contribution in [0.1, 0.15) is 35.8 Å². The molecule has 2 aromatic rings. The molecule has 7 heteroatoms. The van der Waals surface area contributed by atoms with Gasteiger partial charge in [0, 0.05) is 25.7 Å². The summed E-state index contributed by atoms with van der Waals surface area (Å²) in [6, 6.07) is 12.3. The van der Waals surface area contributed by atoms with Crippen LogP contribution >= 0.6 is 0 Å². The summed E-state index contributed by atoms with van der Waals surface area (Å²) in [6.07, 6.45) is 0.928. The summed E-state index contributed by atoms with van der Waals surface area (Å²) < 4.78 is 1.26. The highest BCUT2D eigenvalue weighted by Gasteiger charge is 2.42. The van der Waals surface area contributed by atoms with Gasteiger partial charge in [0.05, 0.1) is 5.41 Å². The van der Waals surface area contributed by atoms with Crippen LogP contribution in [0.4, 0.5) is 0 Å². The third-order valence-corrected chi connectivity index (χ3v) is 5.09. The smallest absolute Gasteiger partial charge is 0.274 e. The summed E-state index contributed by atoms with van der Waals surface area (Å²) in [5.74, 6) is -0.605. The zero-order valence-corrected chi connectivity index (χ0v) is 14.7. The molecule has 0 bridgehead atoms. The second-order valence-corrected chi connectivity index (χ2v) is 6.48. The maximum absolute atomic E-state index is 12.7. The summed E-state index contributed by atoms with van der Waals surface area (Å²) in [4.78, 5) is 38.2. The predicted molar refractivity (Wildman–Crippen MR) is 96.6 cm³/mol. The van der Waals surface area contributed by atoms with E-state index in [0.29, 0.717) is 32.5 Å². The fourth-order valence-electron chi connectivity index (χ4n) is 3.48. The van der Waals surface area contributed by atoms with Gasteiger partial charge in [0.2, 0.25) is 5.91 Å². The Hall–Kier alpha value is -2.96. The third-order valence-electron chi connectivity index (χ3n) is 5.09. The molecule has 0 radical (unpaired) electrons. The maximum Gasteiger partial charge on any atom is 0.274 e. The second-order valence-electron chi connectivity index (χ2n) is 6.48. The normalized spacial score (nSPS) is 16.3. The van der Waals surface area contributed by atoms with Crippen molar-refractivity contribution in [1.29, 1.82) is 0 Å². The molecule has 2 N–H and O–H groups in total. The molecule has 0 unspecified atom stereocenters. The van der Waals surface area contributed by atoms with Gasteiger partial charge in [-0.15, -0.1) is 0 Å². The molecule has 0 atom stereocenters. The van der Waals surface area contributed by atoms with Crippen molar-refractivity contribution in [3.63, 3.8) is 0 Å². The fraction of sp³-hybridized carbons (Fsp3) is 0.368. The first-order valence-electron chi connectivity index (χ1n) is 8.71. The summed E-state index contributed by atoms with van der Waals surface area (Å²) in [7, 11) is 0. The molecule has 3 rings (SSSR count). The summed E-state index contributed by atoms with van der Waals surface area (Å²) in [6.45, 7) is 3.01. The zero-order valence-electron chi connectivity index (χ0n) is 14.7. The van der Waals surface area contributed by atoms with Gasteiger partial charge in [-0.1, -0.05) is 30.3 Å². The number of carbonyl (C=O) groups excluding carboxylic acids is 2. The van der Waals surface area contributed by atoms with Crippen LogP contribution in [-0.2, 0) is 16.8 Å². The largest absolute Gasteiger partial charge is 0.369 e. The highest BCUT2D eigenvalue weighted by molar-refractivity contribution is 5.93. The van der Waals surface area contributed by atoms with Crippen LogP contribution in [0.3, 0.4) is 0 Å². The Bertz CT molecular complexity index is 868. The van der Waals surface area contributed by atoms with Crippen molar-refractivity contribution in [1.82, 2.24) is 14.7 Å². The second kappa shape index (κ2) is 7.11. The minimum absolute atomic E-state index is 0.234. The van der Waals surface area contributed by atoms with Crippen molar-refractivity contribution < 1.29 is 9.59 Å². The molecule has 1 aliphatic heterocycles. The Labute approximate surface area is 151 Å². The molecular formula is C19H22N4O3. The number of nitrogens with two attached hydrogens (primary N) is 1. The van der Waals surface area contributed by atoms with Crippen LogP contribution < -0.4 is 11.3 Å². The summed E-state index contributed by atoms with van der Waals surface area (Å²) in [5.41, 5.74) is 5.86. The first-order chi connectivity index (χ1) is 12.5. The van der Waals surface area contributed by atoms with Gasteiger partial charge in [0.25, 0.3) is 11.5 Å². The SMILES string of the molecule is CCn1nc(C(=O)N2CCC(C(N)=O)(c3ccccc3)CC2)ccc1=O. The lowest BCUT2D eigenvalue weighted by Gasteiger charge is -2.40. The number of piperidine rings is 1. The topological polar surface area (TPSA) is 98.3 Å². The Morgan fingerprint density at radius 1 is 1.12 bits per heavy atom. The number of carbonyl (C=O) groups is 2. The summed E-state index contributed by atoms with van der Waals surface area (Å²) >= 11 is 0. The maximum atomic E-state index is 12.7. The lowest BCUT2D eigenvalue weighted by molar-refractivity contribution is -0.125. The molecule has 2 amide bonds. The van der Waals surface area contributed by atoms with Gasteiger partial charge in [-0.3, -0.25) is 14.4 Å². The first-order valence-corrected chi connectivity index (χ1v) is 8.71. The van der Waals surface area contributed by atoms with E-state index in [4.69, 9.17) is 5.73 Å². The van der Waals surface area contributed by atoms with Crippen molar-refractivity contribution in [2.45, 2.75) is 31.7 Å². The number of rotatable bonds is 4. The van der Waals surface area contributed by atoms with Crippen LogP contribution in [0.2, 0.25) is 0 Å². The van der Waals surface area contributed by atoms with E-state index >= 15 is 0 Å². The van der Waals surface area contributed by atoms with E-state index in [1.807, 2.05) is 30.3 Å². The lowest BCUT2D eigenvalue weighted by atomic mass is 9.72. The Balaban J connectivity index is 1.80. The number of aryl methyl sites for hydroxylation is 1. The van der Waals surface area contributed by atoms with Crippen LogP contribution in [0.25, 0.3) is 0 Å². The van der Waals surface area contributed by atoms with Crippen LogP contribution in [0.15, 0.2) is 47.3 Å². The van der Waals surface area contributed by atoms with Gasteiger partial charge in [-0.2, -0.15) is 5.10 Å². The third kappa shape index (κ3) is 3.12. The molecule has 136 valence electrons. The number of likely N-dealkylation sites (tertiary alicyclic amines) is 1. The van der Waals surface area contributed by atoms with Crippen molar-refractivity contribution in [3.8, 4) is 0 Å². The van der Waals surface area contributed by atoms with E-state index in [0.717, 1.165) is 5.56 Å². The number of aromatic nitrogens is 2. The molecule has 26 heavy (non-hydrogen) atoms. The standard InChI is InChI=1S/C19H22N4O3/c1-2-23-16(24)9-8-15(21-23)17(25)22-12-10-19(11-13-22,18(20)26)14-6-4-3-5-7-14/h3-9H,2,10-13H2,1H3,(H2,20,26). The number of primary amides is 1. The quantitative estimate of drug-likeness (QED) is 0.883. The van der Waals surface area contributed by atoms with Crippen LogP contribution in [0, 0.1) is 0 Å². The molecule has 1 aliphatic rings. The number of hydrogen-bond acceptors (Lipinski definition) is 4. The van der Waals surface area contributed by atoms with E-state index < -0.39 is 5.41 Å². The van der Waals surface area contributed by atoms with E-state index in [9.17, 15) is 14.4 Å². The molecule has 1 saturated heterocycles. The molecule has 0 aliphatic carbocycles. The van der Waals surface area contributed by atoms with Crippen molar-refractivity contribution >= 4 is 11.8 Å². The van der Waals surface area contributed by atoms with E-state index in [2.05, 4.69) is 5.10 Å². The van der Waals surface area contributed by atoms with Gasteiger partial charge in [-0.05, 0) is 31.4 Å². The summed E-state index contributed by atoms with van der Waals surface area (Å²) in [5, 5.41) is 4.12. The highest BCUT2D eigenvalue weighted by Crippen LogP contribution is 2.35. The van der Waals surface area contributed by atoms with Gasteiger partial charge < -0.3 is 10.6 Å². The molecule has 0 spiro atoms. The number of hydrogen-bond donors (Lipinski definition) is 1. The Morgan fingerprint density at radius 3 is 2.35 bits per heavy atom. The van der Waals surface area contributed by atoms with Crippen LogP contribution in [0.5, 0.6) is 0 Å². The Morgan fingerprint density at radius 2 is 1.77 bits per heavy atom. The molecule has 1 aromatic heterocycles. The zero-order chi connectivity index (χ0) is 18.7. The van der Waals surface area contributed by atoms with Crippen molar-refractivity contribution in [2.24, 2.45) is 5.73 Å². The minimum Gasteiger partial charge on any atom is -0.369 e. The minimum atomic E-state index is -0.756. The number of benzene rings is 1. The Kier molecular flexibility index (Phi) is 4.88. The van der Waals surface area contributed by atoms with Gasteiger partial charge in [-0.25, -0.2) is 4.68 Å². The average molecular weight is 354 g/mol. The molecular weight excluding hydrogens is 332 g/mol. The molecule has 1 aromatic carbocycles. The lowest BCUT2D eigenvalue weighted by Crippen LogP contribution is -2.51. The number of amides is 2. The van der Waals surface area contributed by atoms with Crippen molar-refractivity contribution in [2.75, 3.05) is 13.1 Å². The van der Waals surface area contributed by atoms with Gasteiger partial charge in [0.1, 0.15) is 5.69 Å². The van der Waals surface area contributed by atoms with E-state index in [1.165, 1.54) is 16.8 Å². The highest BCUT2D eigenvalue weighted by atomic mass is 16.2. The van der Waals surface area contributed by atoms with E-state index in [-0.39, 0.29) is 23.1 Å². The molecule has 0 saturated carbocycles. The van der Waals surface area contributed by atoms with Crippen molar-refractivity contribution in [3.05, 3.63) is 64.1 Å². The molecule has 7 nitrogen and oxygen atoms in total. The number of nitrogens with zero attached hydrogens (tertiary/aromatic N) is 3. The van der Waals surface area contributed by atoms with Gasteiger partial charge >= 0.3 is 0 Å².